The van der Waals surface area contributed by atoms with Crippen molar-refractivity contribution < 1.29 is 19.2 Å². The fraction of sp³-hybridized carbons (Fsp3) is 0.640. The molecular weight excluding hydrogens is 394 g/mol. The summed E-state index contributed by atoms with van der Waals surface area (Å²) in [5, 5.41) is 10.6. The minimum atomic E-state index is -0.776. The number of benzene rings is 1. The van der Waals surface area contributed by atoms with E-state index in [-0.39, 0.29) is 11.4 Å². The standard InChI is InChI=1S/C25H37NO5/c1-2-3-4-5-6-7-8-9-10-11-12-13-14-15-16-17-22-30-25(27)31-24-20-18-23(19-21-24)26(28)29/h1,18-21H,3-17,22H2. The van der Waals surface area contributed by atoms with Crippen LogP contribution in [0.5, 0.6) is 5.75 Å². The molecule has 0 radical (unpaired) electrons. The number of nitrogens with zero attached hydrogens (tertiary/aromatic N) is 1. The Morgan fingerprint density at radius 1 is 0.806 bits per heavy atom. The minimum absolute atomic E-state index is 0.0523. The second-order valence-electron chi connectivity index (χ2n) is 7.86. The summed E-state index contributed by atoms with van der Waals surface area (Å²) < 4.78 is 10.0. The van der Waals surface area contributed by atoms with Crippen LogP contribution in [0.2, 0.25) is 0 Å². The van der Waals surface area contributed by atoms with Crippen molar-refractivity contribution in [3.63, 3.8) is 0 Å². The Bertz CT molecular complexity index is 651. The van der Waals surface area contributed by atoms with E-state index in [1.54, 1.807) is 0 Å². The number of nitro groups is 1. The van der Waals surface area contributed by atoms with Gasteiger partial charge in [-0.1, -0.05) is 77.0 Å². The molecule has 31 heavy (non-hydrogen) atoms. The van der Waals surface area contributed by atoms with Gasteiger partial charge < -0.3 is 9.47 Å². The van der Waals surface area contributed by atoms with Crippen molar-refractivity contribution >= 4 is 11.8 Å². The van der Waals surface area contributed by atoms with Crippen molar-refractivity contribution in [1.82, 2.24) is 0 Å². The zero-order valence-electron chi connectivity index (χ0n) is 18.7. The van der Waals surface area contributed by atoms with Crippen LogP contribution >= 0.6 is 0 Å². The molecule has 0 aliphatic rings. The first kappa shape index (κ1) is 26.5. The van der Waals surface area contributed by atoms with Gasteiger partial charge in [-0.2, -0.15) is 0 Å². The lowest BCUT2D eigenvalue weighted by atomic mass is 10.0. The van der Waals surface area contributed by atoms with Crippen LogP contribution in [0.1, 0.15) is 96.3 Å². The van der Waals surface area contributed by atoms with E-state index in [2.05, 4.69) is 5.92 Å². The number of rotatable bonds is 18. The number of non-ortho nitro benzene ring substituents is 1. The lowest BCUT2D eigenvalue weighted by Crippen LogP contribution is -2.11. The van der Waals surface area contributed by atoms with E-state index < -0.39 is 11.1 Å². The number of terminal acetylenes is 1. The van der Waals surface area contributed by atoms with Gasteiger partial charge in [0.25, 0.3) is 5.69 Å². The highest BCUT2D eigenvalue weighted by Crippen LogP contribution is 2.18. The fourth-order valence-electron chi connectivity index (χ4n) is 3.37. The lowest BCUT2D eigenvalue weighted by molar-refractivity contribution is -0.384. The number of carbonyl (C=O) groups excluding carboxylic acids is 1. The molecule has 0 heterocycles. The average molecular weight is 432 g/mol. The van der Waals surface area contributed by atoms with Crippen LogP contribution < -0.4 is 4.74 Å². The highest BCUT2D eigenvalue weighted by Gasteiger charge is 2.09. The topological polar surface area (TPSA) is 78.7 Å². The highest BCUT2D eigenvalue weighted by atomic mass is 16.7. The third-order valence-corrected chi connectivity index (χ3v) is 5.18. The molecule has 0 amide bonds. The van der Waals surface area contributed by atoms with Gasteiger partial charge in [0.2, 0.25) is 0 Å². The number of hydrogen-bond donors (Lipinski definition) is 0. The van der Waals surface area contributed by atoms with E-state index in [1.807, 2.05) is 0 Å². The molecular formula is C25H37NO5. The molecule has 0 bridgehead atoms. The molecule has 0 unspecified atom stereocenters. The van der Waals surface area contributed by atoms with Crippen molar-refractivity contribution in [2.45, 2.75) is 96.3 Å². The predicted molar refractivity (Wildman–Crippen MR) is 123 cm³/mol. The zero-order chi connectivity index (χ0) is 22.6. The Hall–Kier alpha value is -2.55. The first-order valence-corrected chi connectivity index (χ1v) is 11.7. The van der Waals surface area contributed by atoms with Gasteiger partial charge in [0, 0.05) is 18.6 Å². The molecule has 1 aromatic carbocycles. The Kier molecular flexibility index (Phi) is 15.6. The normalized spacial score (nSPS) is 10.4. The molecule has 0 N–H and O–H groups in total. The molecule has 0 atom stereocenters. The molecule has 1 rings (SSSR count). The number of ether oxygens (including phenoxy) is 2. The average Bonchev–Trinajstić information content (AvgIpc) is 2.76. The van der Waals surface area contributed by atoms with E-state index in [0.29, 0.717) is 6.61 Å². The van der Waals surface area contributed by atoms with E-state index >= 15 is 0 Å². The summed E-state index contributed by atoms with van der Waals surface area (Å²) in [4.78, 5) is 21.7. The van der Waals surface area contributed by atoms with Gasteiger partial charge in [-0.3, -0.25) is 10.1 Å². The molecule has 0 saturated carbocycles. The molecule has 0 saturated heterocycles. The van der Waals surface area contributed by atoms with Crippen molar-refractivity contribution in [2.75, 3.05) is 6.61 Å². The van der Waals surface area contributed by atoms with E-state index in [9.17, 15) is 14.9 Å². The van der Waals surface area contributed by atoms with Gasteiger partial charge in [-0.05, 0) is 25.0 Å². The first-order chi connectivity index (χ1) is 15.1. The molecule has 172 valence electrons. The van der Waals surface area contributed by atoms with Crippen molar-refractivity contribution in [1.29, 1.82) is 0 Å². The van der Waals surface area contributed by atoms with Gasteiger partial charge in [0.15, 0.2) is 0 Å². The van der Waals surface area contributed by atoms with Gasteiger partial charge >= 0.3 is 6.16 Å². The van der Waals surface area contributed by atoms with Crippen molar-refractivity contribution in [2.24, 2.45) is 0 Å². The van der Waals surface area contributed by atoms with Crippen LogP contribution in [0, 0.1) is 22.5 Å². The van der Waals surface area contributed by atoms with Gasteiger partial charge in [-0.25, -0.2) is 4.79 Å². The summed E-state index contributed by atoms with van der Waals surface area (Å²) in [5.74, 6) is 2.93. The molecule has 0 spiro atoms. The summed E-state index contributed by atoms with van der Waals surface area (Å²) in [7, 11) is 0. The Morgan fingerprint density at radius 3 is 1.71 bits per heavy atom. The first-order valence-electron chi connectivity index (χ1n) is 11.7. The third kappa shape index (κ3) is 15.0. The maximum atomic E-state index is 11.6. The molecule has 0 aromatic heterocycles. The van der Waals surface area contributed by atoms with E-state index in [1.165, 1.54) is 94.9 Å². The third-order valence-electron chi connectivity index (χ3n) is 5.18. The van der Waals surface area contributed by atoms with E-state index in [0.717, 1.165) is 25.7 Å². The summed E-state index contributed by atoms with van der Waals surface area (Å²) in [5.41, 5.74) is -0.0523. The van der Waals surface area contributed by atoms with Crippen LogP contribution in [0.3, 0.4) is 0 Å². The largest absolute Gasteiger partial charge is 0.513 e. The summed E-state index contributed by atoms with van der Waals surface area (Å²) in [6, 6.07) is 5.32. The SMILES string of the molecule is C#CCCCCCCCCCCCCCCCCOC(=O)Oc1ccc([N+](=O)[O-])cc1. The molecule has 0 aliphatic carbocycles. The number of carbonyl (C=O) groups is 1. The summed E-state index contributed by atoms with van der Waals surface area (Å²) in [6.45, 7) is 0.328. The molecule has 0 fully saturated rings. The fourth-order valence-corrected chi connectivity index (χ4v) is 3.37. The second-order valence-corrected chi connectivity index (χ2v) is 7.86. The van der Waals surface area contributed by atoms with Crippen LogP contribution in [0.25, 0.3) is 0 Å². The highest BCUT2D eigenvalue weighted by molar-refractivity contribution is 5.63. The number of unbranched alkanes of at least 4 members (excludes halogenated alkanes) is 14. The molecule has 1 aromatic rings. The van der Waals surface area contributed by atoms with Crippen LogP contribution in [0.4, 0.5) is 10.5 Å². The monoisotopic (exact) mass is 431 g/mol. The lowest BCUT2D eigenvalue weighted by Gasteiger charge is -2.06. The van der Waals surface area contributed by atoms with Crippen molar-refractivity contribution in [3.05, 3.63) is 34.4 Å². The van der Waals surface area contributed by atoms with Crippen LogP contribution in [0.15, 0.2) is 24.3 Å². The summed E-state index contributed by atoms with van der Waals surface area (Å²) >= 11 is 0. The Labute approximate surface area is 186 Å². The van der Waals surface area contributed by atoms with E-state index in [4.69, 9.17) is 15.9 Å². The minimum Gasteiger partial charge on any atom is -0.434 e. The zero-order valence-corrected chi connectivity index (χ0v) is 18.7. The summed E-state index contributed by atoms with van der Waals surface area (Å²) in [6.07, 6.45) is 22.7. The maximum Gasteiger partial charge on any atom is 0.513 e. The van der Waals surface area contributed by atoms with Crippen LogP contribution in [-0.2, 0) is 4.74 Å². The molecule has 6 heteroatoms. The number of nitro benzene ring substituents is 1. The smallest absolute Gasteiger partial charge is 0.434 e. The van der Waals surface area contributed by atoms with Crippen molar-refractivity contribution in [3.8, 4) is 18.1 Å². The Balaban J connectivity index is 1.84. The van der Waals surface area contributed by atoms with Crippen LogP contribution in [-0.4, -0.2) is 17.7 Å². The van der Waals surface area contributed by atoms with Gasteiger partial charge in [0.1, 0.15) is 5.75 Å². The molecule has 6 nitrogen and oxygen atoms in total. The van der Waals surface area contributed by atoms with Gasteiger partial charge in [0.05, 0.1) is 11.5 Å². The quantitative estimate of drug-likeness (QED) is 0.0597. The molecule has 0 aliphatic heterocycles. The predicted octanol–water partition coefficient (Wildman–Crippen LogP) is 7.59. The Morgan fingerprint density at radius 2 is 1.26 bits per heavy atom. The maximum absolute atomic E-state index is 11.6. The second kappa shape index (κ2) is 18.2. The van der Waals surface area contributed by atoms with Gasteiger partial charge in [-0.15, -0.1) is 12.3 Å². The number of hydrogen-bond acceptors (Lipinski definition) is 5.